The summed E-state index contributed by atoms with van der Waals surface area (Å²) in [4.78, 5) is -0.147. The molecule has 0 amide bonds. The summed E-state index contributed by atoms with van der Waals surface area (Å²) < 4.78 is 31.7. The van der Waals surface area contributed by atoms with E-state index in [1.807, 2.05) is 0 Å². The van der Waals surface area contributed by atoms with Crippen molar-refractivity contribution in [2.45, 2.75) is 4.90 Å². The van der Waals surface area contributed by atoms with E-state index >= 15 is 0 Å². The molecule has 0 bridgehead atoms. The zero-order chi connectivity index (χ0) is 13.3. The second kappa shape index (κ2) is 4.52. The highest BCUT2D eigenvalue weighted by Gasteiger charge is 2.15. The molecule has 0 saturated heterocycles. The van der Waals surface area contributed by atoms with Crippen molar-refractivity contribution in [3.05, 3.63) is 36.4 Å². The van der Waals surface area contributed by atoms with Gasteiger partial charge in [-0.05, 0) is 24.4 Å². The van der Waals surface area contributed by atoms with Gasteiger partial charge in [-0.25, -0.2) is 0 Å². The molecule has 2 aromatic carbocycles. The Morgan fingerprint density at radius 3 is 2.33 bits per heavy atom. The van der Waals surface area contributed by atoms with E-state index in [2.05, 4.69) is 5.32 Å². The summed E-state index contributed by atoms with van der Waals surface area (Å²) in [7, 11) is -4.27. The summed E-state index contributed by atoms with van der Waals surface area (Å²) in [6.07, 6.45) is 0. The number of hydrogen-bond acceptors (Lipinski definition) is 3. The van der Waals surface area contributed by atoms with Crippen molar-refractivity contribution in [1.82, 2.24) is 0 Å². The van der Waals surface area contributed by atoms with E-state index in [1.54, 1.807) is 24.3 Å². The predicted molar refractivity (Wildman–Crippen MR) is 74.2 cm³/mol. The fourth-order valence-electron chi connectivity index (χ4n) is 1.74. The van der Waals surface area contributed by atoms with Crippen molar-refractivity contribution in [3.8, 4) is 0 Å². The van der Waals surface area contributed by atoms with Gasteiger partial charge in [0.15, 0.2) is 5.11 Å². The summed E-state index contributed by atoms with van der Waals surface area (Å²) >= 11 is 4.75. The average Bonchev–Trinajstić information content (AvgIpc) is 2.27. The van der Waals surface area contributed by atoms with Crippen LogP contribution in [-0.2, 0) is 10.1 Å². The first-order chi connectivity index (χ1) is 8.39. The highest BCUT2D eigenvalue weighted by atomic mass is 32.2. The van der Waals surface area contributed by atoms with Gasteiger partial charge in [0.05, 0.1) is 0 Å². The Kier molecular flexibility index (Phi) is 3.20. The minimum absolute atomic E-state index is 0.0831. The summed E-state index contributed by atoms with van der Waals surface area (Å²) in [6.45, 7) is 0. The zero-order valence-electron chi connectivity index (χ0n) is 9.12. The molecule has 0 spiro atoms. The molecule has 0 saturated carbocycles. The molecular weight excluding hydrogens is 272 g/mol. The van der Waals surface area contributed by atoms with Gasteiger partial charge in [-0.3, -0.25) is 4.55 Å². The molecule has 0 fully saturated rings. The van der Waals surface area contributed by atoms with Gasteiger partial charge in [-0.1, -0.05) is 24.3 Å². The van der Waals surface area contributed by atoms with Crippen LogP contribution in [0.25, 0.3) is 10.8 Å². The molecule has 7 heteroatoms. The van der Waals surface area contributed by atoms with Gasteiger partial charge in [0, 0.05) is 16.5 Å². The van der Waals surface area contributed by atoms with Gasteiger partial charge in [0.25, 0.3) is 10.1 Å². The number of nitrogens with one attached hydrogen (secondary N) is 1. The summed E-state index contributed by atoms with van der Waals surface area (Å²) in [5, 5.41) is 3.86. The first-order valence-corrected chi connectivity index (χ1v) is 6.80. The molecule has 4 N–H and O–H groups in total. The lowest BCUT2D eigenvalue weighted by molar-refractivity contribution is 0.484. The Balaban J connectivity index is 2.78. The zero-order valence-corrected chi connectivity index (χ0v) is 10.8. The average molecular weight is 282 g/mol. The third-order valence-electron chi connectivity index (χ3n) is 2.42. The van der Waals surface area contributed by atoms with Crippen LogP contribution in [0.15, 0.2) is 41.3 Å². The Morgan fingerprint density at radius 2 is 1.78 bits per heavy atom. The van der Waals surface area contributed by atoms with Crippen LogP contribution in [0.5, 0.6) is 0 Å². The van der Waals surface area contributed by atoms with Crippen LogP contribution in [0, 0.1) is 0 Å². The van der Waals surface area contributed by atoms with Gasteiger partial charge in [0.1, 0.15) is 4.90 Å². The Bertz CT molecular complexity index is 726. The van der Waals surface area contributed by atoms with Crippen molar-refractivity contribution in [1.29, 1.82) is 0 Å². The Morgan fingerprint density at radius 1 is 1.17 bits per heavy atom. The Hall–Kier alpha value is -1.70. The van der Waals surface area contributed by atoms with Crippen molar-refractivity contribution < 1.29 is 13.0 Å². The van der Waals surface area contributed by atoms with Crippen LogP contribution in [-0.4, -0.2) is 18.1 Å². The van der Waals surface area contributed by atoms with E-state index in [9.17, 15) is 8.42 Å². The molecule has 2 rings (SSSR count). The Labute approximate surface area is 109 Å². The number of anilines is 1. The van der Waals surface area contributed by atoms with Crippen LogP contribution >= 0.6 is 12.2 Å². The molecule has 5 nitrogen and oxygen atoms in total. The molecule has 0 aliphatic rings. The molecule has 0 aromatic heterocycles. The normalized spacial score (nSPS) is 11.4. The number of hydrogen-bond donors (Lipinski definition) is 3. The molecule has 94 valence electrons. The lowest BCUT2D eigenvalue weighted by Gasteiger charge is -2.10. The molecule has 0 aliphatic carbocycles. The molecule has 0 atom stereocenters. The van der Waals surface area contributed by atoms with Crippen LogP contribution in [0.1, 0.15) is 0 Å². The van der Waals surface area contributed by atoms with Crippen LogP contribution in [0.4, 0.5) is 5.69 Å². The standard InChI is InChI=1S/C11H10N2O3S2/c12-11(17)13-9-5-6-10(18(14,15)16)8-4-2-1-3-7(8)9/h1-6H,(H3,12,13,17)(H,14,15,16). The van der Waals surface area contributed by atoms with Gasteiger partial charge in [-0.15, -0.1) is 0 Å². The van der Waals surface area contributed by atoms with E-state index in [4.69, 9.17) is 22.5 Å². The molecule has 0 heterocycles. The maximum atomic E-state index is 11.3. The lowest BCUT2D eigenvalue weighted by atomic mass is 10.1. The number of thiocarbonyl (C=S) groups is 1. The number of benzene rings is 2. The highest BCUT2D eigenvalue weighted by Crippen LogP contribution is 2.29. The fourth-order valence-corrected chi connectivity index (χ4v) is 2.54. The molecule has 18 heavy (non-hydrogen) atoms. The van der Waals surface area contributed by atoms with Gasteiger partial charge in [-0.2, -0.15) is 8.42 Å². The summed E-state index contributed by atoms with van der Waals surface area (Å²) in [5.74, 6) is 0. The van der Waals surface area contributed by atoms with E-state index in [0.29, 0.717) is 16.5 Å². The third kappa shape index (κ3) is 2.42. The van der Waals surface area contributed by atoms with Crippen molar-refractivity contribution >= 4 is 43.9 Å². The minimum atomic E-state index is -4.27. The second-order valence-corrected chi connectivity index (χ2v) is 5.45. The second-order valence-electron chi connectivity index (χ2n) is 3.62. The van der Waals surface area contributed by atoms with E-state index < -0.39 is 10.1 Å². The predicted octanol–water partition coefficient (Wildman–Crippen LogP) is 1.74. The first kappa shape index (κ1) is 12.7. The van der Waals surface area contributed by atoms with Gasteiger partial charge in [0.2, 0.25) is 0 Å². The molecule has 0 radical (unpaired) electrons. The number of fused-ring (bicyclic) bond motifs is 1. The van der Waals surface area contributed by atoms with Crippen LogP contribution in [0.3, 0.4) is 0 Å². The molecule has 2 aromatic rings. The minimum Gasteiger partial charge on any atom is -0.376 e. The highest BCUT2D eigenvalue weighted by molar-refractivity contribution is 7.86. The van der Waals surface area contributed by atoms with E-state index in [-0.39, 0.29) is 10.0 Å². The number of nitrogens with two attached hydrogens (primary N) is 1. The van der Waals surface area contributed by atoms with Gasteiger partial charge >= 0.3 is 0 Å². The van der Waals surface area contributed by atoms with Crippen molar-refractivity contribution in [2.75, 3.05) is 5.32 Å². The third-order valence-corrected chi connectivity index (χ3v) is 3.43. The SMILES string of the molecule is NC(=S)Nc1ccc(S(=O)(=O)O)c2ccccc12. The lowest BCUT2D eigenvalue weighted by Crippen LogP contribution is -2.19. The molecule has 0 unspecified atom stereocenters. The maximum Gasteiger partial charge on any atom is 0.295 e. The molecule has 0 aliphatic heterocycles. The fraction of sp³-hybridized carbons (Fsp3) is 0. The topological polar surface area (TPSA) is 92.4 Å². The molecular formula is C11H10N2O3S2. The quantitative estimate of drug-likeness (QED) is 0.574. The van der Waals surface area contributed by atoms with Gasteiger partial charge < -0.3 is 11.1 Å². The van der Waals surface area contributed by atoms with Crippen molar-refractivity contribution in [2.24, 2.45) is 5.73 Å². The van der Waals surface area contributed by atoms with E-state index in [0.717, 1.165) is 0 Å². The largest absolute Gasteiger partial charge is 0.376 e. The maximum absolute atomic E-state index is 11.3. The summed E-state index contributed by atoms with van der Waals surface area (Å²) in [6, 6.07) is 9.55. The smallest absolute Gasteiger partial charge is 0.295 e. The van der Waals surface area contributed by atoms with Crippen LogP contribution < -0.4 is 11.1 Å². The first-order valence-electron chi connectivity index (χ1n) is 4.95. The number of rotatable bonds is 2. The van der Waals surface area contributed by atoms with E-state index in [1.165, 1.54) is 12.1 Å². The van der Waals surface area contributed by atoms with Crippen LogP contribution in [0.2, 0.25) is 0 Å². The van der Waals surface area contributed by atoms with Crippen molar-refractivity contribution in [3.63, 3.8) is 0 Å². The summed E-state index contributed by atoms with van der Waals surface area (Å²) in [5.41, 5.74) is 5.98. The monoisotopic (exact) mass is 282 g/mol.